The third kappa shape index (κ3) is 3.05. The van der Waals surface area contributed by atoms with Crippen LogP contribution < -0.4 is 4.74 Å². The molecule has 0 N–H and O–H groups in total. The molecule has 4 nitrogen and oxygen atoms in total. The normalized spacial score (nSPS) is 10.7. The van der Waals surface area contributed by atoms with Gasteiger partial charge in [0.05, 0.1) is 17.6 Å². The average molecular weight is 253 g/mol. The largest absolute Gasteiger partial charge is 0.473 e. The Labute approximate surface area is 105 Å². The maximum Gasteiger partial charge on any atom is 0.252 e. The van der Waals surface area contributed by atoms with Crippen LogP contribution in [0.4, 0.5) is 0 Å². The number of benzene rings is 1. The molecular weight excluding hydrogens is 240 g/mol. The van der Waals surface area contributed by atoms with Crippen molar-refractivity contribution in [2.45, 2.75) is 6.92 Å². The molecule has 1 aromatic carbocycles. The molecule has 0 saturated heterocycles. The van der Waals surface area contributed by atoms with E-state index in [9.17, 15) is 0 Å². The first-order valence-corrected chi connectivity index (χ1v) is 5.82. The van der Waals surface area contributed by atoms with E-state index in [1.54, 1.807) is 0 Å². The summed E-state index contributed by atoms with van der Waals surface area (Å²) in [4.78, 5) is 8.51. The summed E-state index contributed by atoms with van der Waals surface area (Å²) in [6, 6.07) is 7.52. The zero-order chi connectivity index (χ0) is 12.1. The molecule has 0 aliphatic rings. The molecule has 90 valence electrons. The first-order valence-electron chi connectivity index (χ1n) is 5.44. The number of aromatic nitrogens is 2. The molecule has 0 aliphatic heterocycles. The molecule has 0 unspecified atom stereocenters. The first-order chi connectivity index (χ1) is 8.31. The quantitative estimate of drug-likeness (QED) is 0.768. The van der Waals surface area contributed by atoms with Gasteiger partial charge in [0.15, 0.2) is 5.15 Å². The highest BCUT2D eigenvalue weighted by atomic mass is 35.5. The lowest BCUT2D eigenvalue weighted by Gasteiger charge is -2.07. The van der Waals surface area contributed by atoms with Crippen molar-refractivity contribution in [2.24, 2.45) is 0 Å². The molecule has 0 saturated carbocycles. The van der Waals surface area contributed by atoms with Crippen LogP contribution in [0.5, 0.6) is 5.88 Å². The minimum absolute atomic E-state index is 0.278. The first kappa shape index (κ1) is 12.1. The highest BCUT2D eigenvalue weighted by Gasteiger charge is 2.07. The van der Waals surface area contributed by atoms with Gasteiger partial charge in [0.25, 0.3) is 5.88 Å². The second-order valence-corrected chi connectivity index (χ2v) is 3.71. The minimum Gasteiger partial charge on any atom is -0.473 e. The molecular formula is C12H13ClN2O2. The fourth-order valence-corrected chi connectivity index (χ4v) is 1.58. The van der Waals surface area contributed by atoms with Gasteiger partial charge in [-0.15, -0.1) is 0 Å². The van der Waals surface area contributed by atoms with Crippen molar-refractivity contribution in [3.8, 4) is 5.88 Å². The molecule has 0 atom stereocenters. The molecule has 0 fully saturated rings. The van der Waals surface area contributed by atoms with E-state index in [1.807, 2.05) is 31.2 Å². The number of ether oxygens (including phenoxy) is 2. The van der Waals surface area contributed by atoms with Crippen LogP contribution in [0, 0.1) is 0 Å². The smallest absolute Gasteiger partial charge is 0.252 e. The molecule has 0 spiro atoms. The van der Waals surface area contributed by atoms with Crippen molar-refractivity contribution < 1.29 is 9.47 Å². The number of rotatable bonds is 5. The highest BCUT2D eigenvalue weighted by Crippen LogP contribution is 2.22. The van der Waals surface area contributed by atoms with E-state index in [1.165, 1.54) is 0 Å². The maximum absolute atomic E-state index is 5.98. The number of nitrogens with zero attached hydrogens (tertiary/aromatic N) is 2. The summed E-state index contributed by atoms with van der Waals surface area (Å²) >= 11 is 5.98. The molecule has 2 aromatic rings. The summed E-state index contributed by atoms with van der Waals surface area (Å²) in [5.41, 5.74) is 1.53. The summed E-state index contributed by atoms with van der Waals surface area (Å²) in [5, 5.41) is 0.278. The lowest BCUT2D eigenvalue weighted by molar-refractivity contribution is 0.108. The molecule has 17 heavy (non-hydrogen) atoms. The van der Waals surface area contributed by atoms with Crippen LogP contribution in [0.25, 0.3) is 11.0 Å². The standard InChI is InChI=1S/C12H13ClN2O2/c1-2-16-7-8-17-12-11(13)14-9-5-3-4-6-10(9)15-12/h3-6H,2,7-8H2,1H3. The Bertz CT molecular complexity index is 505. The Balaban J connectivity index is 2.14. The molecule has 0 amide bonds. The predicted molar refractivity (Wildman–Crippen MR) is 66.5 cm³/mol. The third-order valence-corrected chi connectivity index (χ3v) is 2.42. The van der Waals surface area contributed by atoms with Crippen LogP contribution in [0.15, 0.2) is 24.3 Å². The van der Waals surface area contributed by atoms with E-state index in [0.29, 0.717) is 25.7 Å². The van der Waals surface area contributed by atoms with Gasteiger partial charge in [-0.05, 0) is 19.1 Å². The maximum atomic E-state index is 5.98. The Kier molecular flexibility index (Phi) is 4.12. The molecule has 1 aromatic heterocycles. The summed E-state index contributed by atoms with van der Waals surface area (Å²) in [6.45, 7) is 3.53. The van der Waals surface area contributed by atoms with Crippen LogP contribution >= 0.6 is 11.6 Å². The van der Waals surface area contributed by atoms with Gasteiger partial charge in [0.2, 0.25) is 0 Å². The highest BCUT2D eigenvalue weighted by molar-refractivity contribution is 6.31. The number of hydrogen-bond donors (Lipinski definition) is 0. The van der Waals surface area contributed by atoms with Crippen LogP contribution in [-0.4, -0.2) is 29.8 Å². The Morgan fingerprint density at radius 1 is 1.12 bits per heavy atom. The van der Waals surface area contributed by atoms with Gasteiger partial charge in [-0.2, -0.15) is 0 Å². The molecule has 5 heteroatoms. The summed E-state index contributed by atoms with van der Waals surface area (Å²) in [7, 11) is 0. The topological polar surface area (TPSA) is 44.2 Å². The fraction of sp³-hybridized carbons (Fsp3) is 0.333. The summed E-state index contributed by atoms with van der Waals surface area (Å²) in [5.74, 6) is 0.352. The predicted octanol–water partition coefficient (Wildman–Crippen LogP) is 2.70. The summed E-state index contributed by atoms with van der Waals surface area (Å²) < 4.78 is 10.6. The zero-order valence-corrected chi connectivity index (χ0v) is 10.3. The lowest BCUT2D eigenvalue weighted by Crippen LogP contribution is -2.08. The molecule has 0 radical (unpaired) electrons. The lowest BCUT2D eigenvalue weighted by atomic mass is 10.3. The average Bonchev–Trinajstić information content (AvgIpc) is 2.35. The van der Waals surface area contributed by atoms with E-state index in [-0.39, 0.29) is 5.15 Å². The minimum atomic E-state index is 0.278. The van der Waals surface area contributed by atoms with Crippen molar-refractivity contribution >= 4 is 22.6 Å². The Morgan fingerprint density at radius 3 is 2.53 bits per heavy atom. The van der Waals surface area contributed by atoms with Crippen molar-refractivity contribution in [1.82, 2.24) is 9.97 Å². The molecule has 0 aliphatic carbocycles. The second kappa shape index (κ2) is 5.80. The van der Waals surface area contributed by atoms with Gasteiger partial charge in [-0.1, -0.05) is 23.7 Å². The van der Waals surface area contributed by atoms with Gasteiger partial charge in [-0.3, -0.25) is 0 Å². The third-order valence-electron chi connectivity index (χ3n) is 2.17. The van der Waals surface area contributed by atoms with Crippen molar-refractivity contribution in [1.29, 1.82) is 0 Å². The van der Waals surface area contributed by atoms with E-state index in [4.69, 9.17) is 21.1 Å². The van der Waals surface area contributed by atoms with Gasteiger partial charge >= 0.3 is 0 Å². The zero-order valence-electron chi connectivity index (χ0n) is 9.52. The van der Waals surface area contributed by atoms with Gasteiger partial charge in [0.1, 0.15) is 6.61 Å². The van der Waals surface area contributed by atoms with E-state index in [0.717, 1.165) is 11.0 Å². The van der Waals surface area contributed by atoms with Crippen LogP contribution in [0.2, 0.25) is 5.15 Å². The van der Waals surface area contributed by atoms with Gasteiger partial charge in [-0.25, -0.2) is 9.97 Å². The molecule has 0 bridgehead atoms. The SMILES string of the molecule is CCOCCOc1nc2ccccc2nc1Cl. The second-order valence-electron chi connectivity index (χ2n) is 3.35. The number of fused-ring (bicyclic) bond motifs is 1. The van der Waals surface area contributed by atoms with Crippen molar-refractivity contribution in [3.63, 3.8) is 0 Å². The molecule has 1 heterocycles. The van der Waals surface area contributed by atoms with Gasteiger partial charge in [0, 0.05) is 6.61 Å². The van der Waals surface area contributed by atoms with Crippen LogP contribution in [-0.2, 0) is 4.74 Å². The van der Waals surface area contributed by atoms with Gasteiger partial charge < -0.3 is 9.47 Å². The number of para-hydroxylation sites is 2. The fourth-order valence-electron chi connectivity index (χ4n) is 1.40. The number of halogens is 1. The van der Waals surface area contributed by atoms with E-state index < -0.39 is 0 Å². The van der Waals surface area contributed by atoms with Crippen LogP contribution in [0.1, 0.15) is 6.92 Å². The Hall–Kier alpha value is -1.39. The number of hydrogen-bond acceptors (Lipinski definition) is 4. The Morgan fingerprint density at radius 2 is 1.82 bits per heavy atom. The van der Waals surface area contributed by atoms with E-state index in [2.05, 4.69) is 9.97 Å². The van der Waals surface area contributed by atoms with Crippen LogP contribution in [0.3, 0.4) is 0 Å². The van der Waals surface area contributed by atoms with E-state index >= 15 is 0 Å². The van der Waals surface area contributed by atoms with Crippen molar-refractivity contribution in [2.75, 3.05) is 19.8 Å². The molecule has 2 rings (SSSR count). The monoisotopic (exact) mass is 252 g/mol. The summed E-state index contributed by atoms with van der Waals surface area (Å²) in [6.07, 6.45) is 0. The van der Waals surface area contributed by atoms with Crippen molar-refractivity contribution in [3.05, 3.63) is 29.4 Å².